The van der Waals surface area contributed by atoms with Crippen LogP contribution < -0.4 is 11.5 Å². The fraction of sp³-hybridized carbons (Fsp3) is 0.182. The highest BCUT2D eigenvalue weighted by molar-refractivity contribution is 5.98. The Balaban J connectivity index is 2.00. The van der Waals surface area contributed by atoms with Crippen molar-refractivity contribution >= 4 is 11.7 Å². The average Bonchev–Trinajstić information content (AvgIpc) is 2.78. The third-order valence-electron chi connectivity index (χ3n) is 2.40. The molecule has 1 aromatic heterocycles. The molecule has 7 heteroatoms. The fourth-order valence-corrected chi connectivity index (χ4v) is 1.36. The molecule has 0 saturated carbocycles. The second-order valence-electron chi connectivity index (χ2n) is 3.67. The van der Waals surface area contributed by atoms with E-state index in [0.29, 0.717) is 6.61 Å². The van der Waals surface area contributed by atoms with Crippen LogP contribution in [0.3, 0.4) is 0 Å². The van der Waals surface area contributed by atoms with Crippen molar-refractivity contribution in [3.63, 3.8) is 0 Å². The Morgan fingerprint density at radius 2 is 2.17 bits per heavy atom. The Morgan fingerprint density at radius 3 is 2.83 bits per heavy atom. The predicted molar refractivity (Wildman–Crippen MR) is 65.4 cm³/mol. The zero-order valence-electron chi connectivity index (χ0n) is 9.83. The van der Waals surface area contributed by atoms with Gasteiger partial charge in [-0.1, -0.05) is 29.4 Å². The van der Waals surface area contributed by atoms with Crippen molar-refractivity contribution in [1.29, 1.82) is 0 Å². The zero-order chi connectivity index (χ0) is 13.0. The van der Waals surface area contributed by atoms with Gasteiger partial charge in [0.25, 0.3) is 0 Å². The normalized spacial score (nSPS) is 11.5. The van der Waals surface area contributed by atoms with Crippen LogP contribution in [0.1, 0.15) is 16.8 Å². The van der Waals surface area contributed by atoms with Gasteiger partial charge in [0.15, 0.2) is 17.3 Å². The van der Waals surface area contributed by atoms with Crippen molar-refractivity contribution in [3.8, 4) is 0 Å². The summed E-state index contributed by atoms with van der Waals surface area (Å²) in [7, 11) is 0. The number of aromatic nitrogens is 2. The van der Waals surface area contributed by atoms with E-state index in [1.54, 1.807) is 0 Å². The molecule has 2 aromatic rings. The van der Waals surface area contributed by atoms with Gasteiger partial charge in [0.2, 0.25) is 0 Å². The molecule has 0 fully saturated rings. The Bertz CT molecular complexity index is 564. The number of aryl methyl sites for hydroxylation is 1. The van der Waals surface area contributed by atoms with E-state index in [4.69, 9.17) is 16.3 Å². The van der Waals surface area contributed by atoms with Gasteiger partial charge < -0.3 is 16.3 Å². The van der Waals surface area contributed by atoms with Crippen LogP contribution in [0.5, 0.6) is 0 Å². The summed E-state index contributed by atoms with van der Waals surface area (Å²) in [5, 5.41) is 10.6. The number of hydrogen-bond acceptors (Lipinski definition) is 6. The summed E-state index contributed by atoms with van der Waals surface area (Å²) >= 11 is 0. The van der Waals surface area contributed by atoms with E-state index in [9.17, 15) is 0 Å². The van der Waals surface area contributed by atoms with Crippen LogP contribution in [0.4, 0.5) is 5.82 Å². The number of benzene rings is 1. The van der Waals surface area contributed by atoms with Crippen LogP contribution in [0.25, 0.3) is 0 Å². The van der Waals surface area contributed by atoms with Gasteiger partial charge in [0.05, 0.1) is 0 Å². The summed E-state index contributed by atoms with van der Waals surface area (Å²) in [5.41, 5.74) is 13.4. The van der Waals surface area contributed by atoms with E-state index in [1.165, 1.54) is 0 Å². The molecule has 4 N–H and O–H groups in total. The maximum absolute atomic E-state index is 5.62. The molecule has 1 aromatic carbocycles. The lowest BCUT2D eigenvalue weighted by molar-refractivity contribution is 0.130. The molecule has 94 valence electrons. The number of oxime groups is 1. The molecule has 0 unspecified atom stereocenters. The first kappa shape index (κ1) is 11.9. The molecule has 0 spiro atoms. The molecule has 0 amide bonds. The average molecular weight is 247 g/mol. The monoisotopic (exact) mass is 247 g/mol. The van der Waals surface area contributed by atoms with E-state index in [0.717, 1.165) is 11.1 Å². The molecule has 1 heterocycles. The Morgan fingerprint density at radius 1 is 1.39 bits per heavy atom. The van der Waals surface area contributed by atoms with Gasteiger partial charge >= 0.3 is 0 Å². The Labute approximate surface area is 103 Å². The molecule has 0 bridgehead atoms. The van der Waals surface area contributed by atoms with E-state index < -0.39 is 0 Å². The Hall–Kier alpha value is -2.57. The number of nitrogens with zero attached hydrogens (tertiary/aromatic N) is 3. The molecule has 0 aliphatic rings. The summed E-state index contributed by atoms with van der Waals surface area (Å²) in [6.07, 6.45) is 0. The number of nitrogen functional groups attached to an aromatic ring is 1. The molecular formula is C11H13N5O2. The zero-order valence-corrected chi connectivity index (χ0v) is 9.83. The van der Waals surface area contributed by atoms with Gasteiger partial charge in [0, 0.05) is 0 Å². The van der Waals surface area contributed by atoms with E-state index in [-0.39, 0.29) is 17.3 Å². The molecule has 0 atom stereocenters. The summed E-state index contributed by atoms with van der Waals surface area (Å²) in [5.74, 6) is 0.109. The van der Waals surface area contributed by atoms with Crippen LogP contribution in [-0.2, 0) is 11.4 Å². The minimum absolute atomic E-state index is 0.0299. The van der Waals surface area contributed by atoms with Crippen molar-refractivity contribution < 1.29 is 9.47 Å². The van der Waals surface area contributed by atoms with Crippen LogP contribution in [0, 0.1) is 6.92 Å². The topological polar surface area (TPSA) is 113 Å². The summed E-state index contributed by atoms with van der Waals surface area (Å²) in [6.45, 7) is 2.31. The largest absolute Gasteiger partial charge is 0.389 e. The molecule has 0 saturated heterocycles. The van der Waals surface area contributed by atoms with Crippen molar-refractivity contribution in [1.82, 2.24) is 10.3 Å². The van der Waals surface area contributed by atoms with E-state index in [1.807, 2.05) is 31.2 Å². The molecule has 0 radical (unpaired) electrons. The van der Waals surface area contributed by atoms with Gasteiger partial charge in [-0.15, -0.1) is 0 Å². The molecule has 18 heavy (non-hydrogen) atoms. The smallest absolute Gasteiger partial charge is 0.199 e. The maximum Gasteiger partial charge on any atom is 0.199 e. The lowest BCUT2D eigenvalue weighted by Gasteiger charge is -2.03. The lowest BCUT2D eigenvalue weighted by Crippen LogP contribution is -2.16. The number of nitrogens with two attached hydrogens (primary N) is 2. The van der Waals surface area contributed by atoms with Gasteiger partial charge in [-0.05, 0) is 28.4 Å². The van der Waals surface area contributed by atoms with Crippen LogP contribution in [-0.4, -0.2) is 16.1 Å². The quantitative estimate of drug-likeness (QED) is 0.469. The molecule has 0 aliphatic carbocycles. The van der Waals surface area contributed by atoms with Gasteiger partial charge in [0.1, 0.15) is 6.61 Å². The summed E-state index contributed by atoms with van der Waals surface area (Å²) in [6, 6.07) is 7.83. The van der Waals surface area contributed by atoms with Crippen molar-refractivity contribution in [3.05, 3.63) is 41.1 Å². The minimum atomic E-state index is 0.0299. The van der Waals surface area contributed by atoms with Crippen LogP contribution in [0.15, 0.2) is 34.1 Å². The first-order valence-corrected chi connectivity index (χ1v) is 5.27. The number of amidine groups is 1. The summed E-state index contributed by atoms with van der Waals surface area (Å²) < 4.78 is 4.41. The fourth-order valence-electron chi connectivity index (χ4n) is 1.36. The van der Waals surface area contributed by atoms with E-state index in [2.05, 4.69) is 20.1 Å². The SMILES string of the molecule is Cc1ccccc1CO/N=C(/N)c1nonc1N. The van der Waals surface area contributed by atoms with Crippen LogP contribution >= 0.6 is 0 Å². The number of hydrogen-bond donors (Lipinski definition) is 2. The Kier molecular flexibility index (Phi) is 3.42. The standard InChI is InChI=1S/C11H13N5O2/c1-7-4-2-3-5-8(7)6-17-15-10(12)9-11(13)16-18-14-9/h2-5H,6H2,1H3,(H2,12,15)(H2,13,16). The lowest BCUT2D eigenvalue weighted by atomic mass is 10.1. The van der Waals surface area contributed by atoms with Crippen molar-refractivity contribution in [2.45, 2.75) is 13.5 Å². The predicted octanol–water partition coefficient (Wildman–Crippen LogP) is 0.797. The van der Waals surface area contributed by atoms with Crippen molar-refractivity contribution in [2.24, 2.45) is 10.9 Å². The highest BCUT2D eigenvalue weighted by Gasteiger charge is 2.10. The van der Waals surface area contributed by atoms with E-state index >= 15 is 0 Å². The van der Waals surface area contributed by atoms with Crippen LogP contribution in [0.2, 0.25) is 0 Å². The molecule has 7 nitrogen and oxygen atoms in total. The van der Waals surface area contributed by atoms with Gasteiger partial charge in [-0.3, -0.25) is 0 Å². The molecular weight excluding hydrogens is 234 g/mol. The third-order valence-corrected chi connectivity index (χ3v) is 2.40. The second kappa shape index (κ2) is 5.17. The van der Waals surface area contributed by atoms with Gasteiger partial charge in [-0.25, -0.2) is 4.63 Å². The highest BCUT2D eigenvalue weighted by atomic mass is 16.6. The summed E-state index contributed by atoms with van der Waals surface area (Å²) in [4.78, 5) is 5.14. The minimum Gasteiger partial charge on any atom is -0.389 e. The first-order valence-electron chi connectivity index (χ1n) is 5.27. The van der Waals surface area contributed by atoms with Gasteiger partial charge in [-0.2, -0.15) is 0 Å². The third kappa shape index (κ3) is 2.57. The second-order valence-corrected chi connectivity index (χ2v) is 3.67. The number of anilines is 1. The highest BCUT2D eigenvalue weighted by Crippen LogP contribution is 2.09. The molecule has 0 aliphatic heterocycles. The van der Waals surface area contributed by atoms with Crippen molar-refractivity contribution in [2.75, 3.05) is 5.73 Å². The maximum atomic E-state index is 5.62. The molecule has 2 rings (SSSR count). The first-order chi connectivity index (χ1) is 8.68. The number of rotatable bonds is 4.